The second-order valence-electron chi connectivity index (χ2n) is 17.9. The third-order valence-corrected chi connectivity index (χ3v) is 14.6. The highest BCUT2D eigenvalue weighted by Crippen LogP contribution is 2.38. The number of ether oxygens (including phenoxy) is 1. The molecule has 1 saturated heterocycles. The number of carboxylic acids is 1. The van der Waals surface area contributed by atoms with Crippen LogP contribution in [0.3, 0.4) is 0 Å². The molecule has 2 fully saturated rings. The maximum Gasteiger partial charge on any atom is 0.355 e. The number of anilines is 3. The van der Waals surface area contributed by atoms with Crippen LogP contribution in [-0.2, 0) is 34.4 Å². The zero-order chi connectivity index (χ0) is 47.1. The zero-order valence-electron chi connectivity index (χ0n) is 37.7. The number of thiazole rings is 1. The van der Waals surface area contributed by atoms with Crippen molar-refractivity contribution in [2.75, 3.05) is 22.1 Å². The molecule has 4 aromatic carbocycles. The van der Waals surface area contributed by atoms with E-state index in [-0.39, 0.29) is 41.8 Å². The molecule has 4 N–H and O–H groups in total. The van der Waals surface area contributed by atoms with Crippen LogP contribution in [0.25, 0.3) is 32.2 Å². The van der Waals surface area contributed by atoms with Gasteiger partial charge >= 0.3 is 5.97 Å². The minimum atomic E-state index is -1.14. The first-order valence-electron chi connectivity index (χ1n) is 23.1. The normalized spacial score (nSPS) is 18.3. The van der Waals surface area contributed by atoms with Crippen molar-refractivity contribution in [3.63, 3.8) is 0 Å². The Hall–Kier alpha value is -7.46. The lowest BCUT2D eigenvalue weighted by Gasteiger charge is -2.31. The van der Waals surface area contributed by atoms with E-state index < -0.39 is 11.9 Å². The molecule has 1 unspecified atom stereocenters. The third kappa shape index (κ3) is 9.03. The number of fused-ring (bicyclic) bond motifs is 3. The van der Waals surface area contributed by atoms with Crippen molar-refractivity contribution < 1.29 is 33.8 Å². The van der Waals surface area contributed by atoms with E-state index in [2.05, 4.69) is 26.0 Å². The van der Waals surface area contributed by atoms with Gasteiger partial charge < -0.3 is 20.1 Å². The van der Waals surface area contributed by atoms with Crippen molar-refractivity contribution in [2.45, 2.75) is 83.3 Å². The molecule has 3 aliphatic rings. The molecule has 68 heavy (non-hydrogen) atoms. The highest BCUT2D eigenvalue weighted by Gasteiger charge is 2.32. The lowest BCUT2D eigenvalue weighted by atomic mass is 9.84. The number of carbonyl (C=O) groups is 5. The van der Waals surface area contributed by atoms with Gasteiger partial charge in [-0.05, 0) is 135 Å². The van der Waals surface area contributed by atoms with Crippen LogP contribution in [-0.4, -0.2) is 67.1 Å². The minimum Gasteiger partial charge on any atom is -0.490 e. The molecule has 3 aromatic heterocycles. The molecule has 0 radical (unpaired) electrons. The van der Waals surface area contributed by atoms with Crippen LogP contribution in [0.4, 0.5) is 16.6 Å². The van der Waals surface area contributed by atoms with E-state index in [9.17, 15) is 29.1 Å². The van der Waals surface area contributed by atoms with Crippen molar-refractivity contribution in [3.05, 3.63) is 125 Å². The van der Waals surface area contributed by atoms with E-state index in [0.29, 0.717) is 77.5 Å². The van der Waals surface area contributed by atoms with Gasteiger partial charge in [-0.3, -0.25) is 34.5 Å². The molecule has 1 aliphatic carbocycles. The van der Waals surface area contributed by atoms with Gasteiger partial charge in [0, 0.05) is 55.2 Å². The molecule has 7 aromatic rings. The maximum absolute atomic E-state index is 13.6. The Balaban J connectivity index is 0.749. The van der Waals surface area contributed by atoms with Crippen molar-refractivity contribution >= 4 is 78.7 Å². The van der Waals surface area contributed by atoms with Gasteiger partial charge in [-0.25, -0.2) is 14.8 Å². The van der Waals surface area contributed by atoms with Crippen LogP contribution in [0.2, 0.25) is 0 Å². The molecule has 16 heteroatoms. The van der Waals surface area contributed by atoms with Crippen LogP contribution in [0, 0.1) is 12.8 Å². The Bertz CT molecular complexity index is 3120. The quantitative estimate of drug-likeness (QED) is 0.0854. The third-order valence-electron chi connectivity index (χ3n) is 13.6. The summed E-state index contributed by atoms with van der Waals surface area (Å²) in [6.07, 6.45) is 6.00. The number of imide groups is 1. The number of pyridine rings is 1. The number of aromatic nitrogens is 4. The van der Waals surface area contributed by atoms with Gasteiger partial charge in [0.1, 0.15) is 11.6 Å². The first-order valence-corrected chi connectivity index (χ1v) is 23.9. The molecule has 2 aliphatic heterocycles. The predicted molar refractivity (Wildman–Crippen MR) is 260 cm³/mol. The molecular formula is C52H50N8O7S. The van der Waals surface area contributed by atoms with Crippen LogP contribution < -0.4 is 25.6 Å². The molecule has 4 amide bonds. The number of amides is 4. The summed E-state index contributed by atoms with van der Waals surface area (Å²) in [7, 11) is 1.80. The average molecular weight is 931 g/mol. The van der Waals surface area contributed by atoms with Gasteiger partial charge in [-0.1, -0.05) is 47.7 Å². The summed E-state index contributed by atoms with van der Waals surface area (Å²) in [4.78, 5) is 75.1. The number of rotatable bonds is 12. The Morgan fingerprint density at radius 2 is 1.71 bits per heavy atom. The summed E-state index contributed by atoms with van der Waals surface area (Å²) in [5.74, 6) is -0.947. The number of nitrogens with zero attached hydrogens (tertiary/aromatic N) is 5. The molecule has 1 atom stereocenters. The fourth-order valence-electron chi connectivity index (χ4n) is 9.97. The van der Waals surface area contributed by atoms with Gasteiger partial charge in [0.05, 0.1) is 33.4 Å². The second-order valence-corrected chi connectivity index (χ2v) is 19.0. The summed E-state index contributed by atoms with van der Waals surface area (Å²) < 4.78 is 9.29. The fourth-order valence-corrected chi connectivity index (χ4v) is 10.8. The molecule has 15 nitrogen and oxygen atoms in total. The average Bonchev–Trinajstić information content (AvgIpc) is 3.90. The largest absolute Gasteiger partial charge is 0.490 e. The number of nitrogens with one attached hydrogen (secondary N) is 3. The number of benzene rings is 4. The van der Waals surface area contributed by atoms with Crippen molar-refractivity contribution in [1.29, 1.82) is 0 Å². The van der Waals surface area contributed by atoms with Crippen LogP contribution >= 0.6 is 11.3 Å². The molecule has 0 bridgehead atoms. The number of hydrogen-bond acceptors (Lipinski definition) is 11. The van der Waals surface area contributed by atoms with E-state index in [0.717, 1.165) is 75.5 Å². The molecule has 0 spiro atoms. The molecule has 5 heterocycles. The summed E-state index contributed by atoms with van der Waals surface area (Å²) in [5.41, 5.74) is 7.40. The standard InChI is InChI=1S/C52H50N8O7S/c1-29-34(35-20-22-44(55-48(35)51(65)66)60-26-25-31-7-5-9-36(39(31)28-60)49(63)57-52-54-40-10-3-4-12-43(40)68-52)8-6-11-42(29)67-33-17-13-30(14-18-33)15-23-45(61)53-32-16-19-37-41(27-32)59(2)58-47(37)38-21-24-46(62)56-50(38)64/h3-12,16,19-20,22,27,30,33,38H,13-15,17-18,21,23-26,28H2,1-2H3,(H,53,61)(H,65,66)(H,54,57,63)(H,56,62,64). The summed E-state index contributed by atoms with van der Waals surface area (Å²) in [6.45, 7) is 2.95. The van der Waals surface area contributed by atoms with Crippen molar-refractivity contribution in [3.8, 4) is 16.9 Å². The van der Waals surface area contributed by atoms with E-state index >= 15 is 0 Å². The molecular weight excluding hydrogens is 881 g/mol. The summed E-state index contributed by atoms with van der Waals surface area (Å²) in [6, 6.07) is 28.4. The second kappa shape index (κ2) is 18.7. The number of aryl methyl sites for hydroxylation is 1. The lowest BCUT2D eigenvalue weighted by Crippen LogP contribution is -2.39. The van der Waals surface area contributed by atoms with Gasteiger partial charge in [0.2, 0.25) is 17.7 Å². The lowest BCUT2D eigenvalue weighted by molar-refractivity contribution is -0.134. The number of aromatic carboxylic acids is 1. The predicted octanol–water partition coefficient (Wildman–Crippen LogP) is 8.94. The molecule has 1 saturated carbocycles. The topological polar surface area (TPSA) is 198 Å². The number of carbonyl (C=O) groups excluding carboxylic acids is 4. The maximum atomic E-state index is 13.6. The van der Waals surface area contributed by atoms with Gasteiger partial charge in [-0.2, -0.15) is 5.10 Å². The van der Waals surface area contributed by atoms with E-state index in [4.69, 9.17) is 9.72 Å². The SMILES string of the molecule is Cc1c(OC2CCC(CCC(=O)Nc3ccc4c(C5CCC(=O)NC5=O)nn(C)c4c3)CC2)cccc1-c1ccc(N2CCc3cccc(C(=O)Nc4nc5ccccc5s4)c3C2)nc1C(=O)O. The fraction of sp³-hybridized carbons (Fsp3) is 0.308. The van der Waals surface area contributed by atoms with Crippen LogP contribution in [0.1, 0.15) is 101 Å². The Labute approximate surface area is 395 Å². The summed E-state index contributed by atoms with van der Waals surface area (Å²) >= 11 is 1.42. The van der Waals surface area contributed by atoms with Crippen molar-refractivity contribution in [1.82, 2.24) is 25.1 Å². The number of piperidine rings is 1. The zero-order valence-corrected chi connectivity index (χ0v) is 38.5. The first-order chi connectivity index (χ1) is 32.9. The monoisotopic (exact) mass is 930 g/mol. The van der Waals surface area contributed by atoms with Crippen molar-refractivity contribution in [2.24, 2.45) is 13.0 Å². The molecule has 10 rings (SSSR count). The summed E-state index contributed by atoms with van der Waals surface area (Å²) in [5, 5.41) is 24.9. The minimum absolute atomic E-state index is 0.0145. The molecule has 346 valence electrons. The smallest absolute Gasteiger partial charge is 0.355 e. The number of para-hydroxylation sites is 1. The van der Waals surface area contributed by atoms with Gasteiger partial charge in [-0.15, -0.1) is 0 Å². The Kier molecular flexibility index (Phi) is 12.2. The van der Waals surface area contributed by atoms with E-state index in [1.54, 1.807) is 11.7 Å². The highest BCUT2D eigenvalue weighted by molar-refractivity contribution is 7.22. The van der Waals surface area contributed by atoms with Crippen LogP contribution in [0.15, 0.2) is 91.0 Å². The van der Waals surface area contributed by atoms with Gasteiger partial charge in [0.15, 0.2) is 10.8 Å². The van der Waals surface area contributed by atoms with Crippen LogP contribution in [0.5, 0.6) is 5.75 Å². The Morgan fingerprint density at radius 1 is 0.882 bits per heavy atom. The first kappa shape index (κ1) is 44.4. The van der Waals surface area contributed by atoms with Gasteiger partial charge in [0.25, 0.3) is 5.91 Å². The van der Waals surface area contributed by atoms with E-state index in [1.165, 1.54) is 11.3 Å². The Morgan fingerprint density at radius 3 is 2.51 bits per heavy atom. The number of carboxylic acid groups (broad SMARTS) is 1. The number of hydrogen-bond donors (Lipinski definition) is 4. The highest BCUT2D eigenvalue weighted by atomic mass is 32.1. The van der Waals surface area contributed by atoms with E-state index in [1.807, 2.05) is 103 Å².